The van der Waals surface area contributed by atoms with Gasteiger partial charge in [0, 0.05) is 23.6 Å². The van der Waals surface area contributed by atoms with Crippen molar-refractivity contribution >= 4 is 21.3 Å². The Morgan fingerprint density at radius 1 is 1.00 bits per heavy atom. The number of aliphatic hydroxyl groups excluding tert-OH is 1. The first kappa shape index (κ1) is 28.2. The van der Waals surface area contributed by atoms with E-state index in [2.05, 4.69) is 30.9 Å². The van der Waals surface area contributed by atoms with Gasteiger partial charge >= 0.3 is 6.36 Å². The van der Waals surface area contributed by atoms with Crippen molar-refractivity contribution in [2.45, 2.75) is 62.4 Å². The molecule has 10 heteroatoms. The highest BCUT2D eigenvalue weighted by Gasteiger charge is 2.35. The van der Waals surface area contributed by atoms with Gasteiger partial charge in [-0.15, -0.1) is 13.2 Å². The van der Waals surface area contributed by atoms with Crippen LogP contribution in [0.2, 0.25) is 0 Å². The second-order valence-corrected chi connectivity index (χ2v) is 11.9. The van der Waals surface area contributed by atoms with Crippen molar-refractivity contribution in [2.75, 3.05) is 11.4 Å². The number of hydrogen-bond acceptors (Lipinski definition) is 5. The van der Waals surface area contributed by atoms with Gasteiger partial charge in [-0.1, -0.05) is 49.4 Å². The SMILES string of the molecule is CCCN=S(=O)(N[C@H]1CCC=C(N2c3ccccc3CCc3ccccc32)[C@@H]1O)c1ccc(OC(F)(F)F)cc1. The first-order valence-corrected chi connectivity index (χ1v) is 14.9. The maximum atomic E-state index is 14.2. The van der Waals surface area contributed by atoms with Gasteiger partial charge in [0.05, 0.1) is 10.9 Å². The largest absolute Gasteiger partial charge is 0.573 e. The average molecular weight is 572 g/mol. The molecule has 3 aromatic rings. The number of rotatable bonds is 7. The Bertz CT molecular complexity index is 1450. The Morgan fingerprint density at radius 3 is 2.17 bits per heavy atom. The van der Waals surface area contributed by atoms with Crippen LogP contribution in [0.5, 0.6) is 5.75 Å². The van der Waals surface area contributed by atoms with Gasteiger partial charge in [0.25, 0.3) is 0 Å². The molecule has 1 heterocycles. The highest BCUT2D eigenvalue weighted by Crippen LogP contribution is 2.41. The number of para-hydroxylation sites is 2. The molecule has 5 rings (SSSR count). The number of halogens is 3. The number of aryl methyl sites for hydroxylation is 2. The summed E-state index contributed by atoms with van der Waals surface area (Å²) in [6.07, 6.45) is -0.309. The molecule has 0 amide bonds. The molecule has 0 radical (unpaired) electrons. The number of fused-ring (bicyclic) bond motifs is 2. The third kappa shape index (κ3) is 6.04. The Morgan fingerprint density at radius 2 is 1.60 bits per heavy atom. The molecule has 0 bridgehead atoms. The maximum absolute atomic E-state index is 14.2. The number of nitrogens with zero attached hydrogens (tertiary/aromatic N) is 2. The number of ether oxygens (including phenoxy) is 1. The predicted molar refractivity (Wildman–Crippen MR) is 150 cm³/mol. The standard InChI is InChI=1S/C30H32F3N3O3S/c1-2-20-34-40(38,24-18-16-23(17-19-24)39-30(31,32)33)35-25-10-7-13-28(29(25)37)36-26-11-5-3-8-21(26)14-15-22-9-4-6-12-27(22)36/h3-6,8-9,11-13,16-19,25,29,37H,2,7,10,14-15,20H2,1H3,(H,34,35,38)/t25-,29+,40?/m0/s1. The summed E-state index contributed by atoms with van der Waals surface area (Å²) in [5.74, 6) is -0.407. The number of alkyl halides is 3. The van der Waals surface area contributed by atoms with E-state index >= 15 is 0 Å². The molecule has 2 N–H and O–H groups in total. The lowest BCUT2D eigenvalue weighted by Crippen LogP contribution is -2.48. The molecule has 40 heavy (non-hydrogen) atoms. The molecular formula is C30H32F3N3O3S. The summed E-state index contributed by atoms with van der Waals surface area (Å²) in [4.78, 5) is 2.33. The lowest BCUT2D eigenvalue weighted by atomic mass is 9.94. The monoisotopic (exact) mass is 571 g/mol. The molecule has 0 saturated carbocycles. The average Bonchev–Trinajstić information content (AvgIpc) is 3.10. The van der Waals surface area contributed by atoms with Crippen molar-refractivity contribution in [1.82, 2.24) is 4.72 Å². The van der Waals surface area contributed by atoms with Crippen LogP contribution in [0.4, 0.5) is 24.5 Å². The van der Waals surface area contributed by atoms with Crippen LogP contribution in [0.1, 0.15) is 37.3 Å². The van der Waals surface area contributed by atoms with E-state index in [1.54, 1.807) is 0 Å². The van der Waals surface area contributed by atoms with Gasteiger partial charge in [0.1, 0.15) is 21.8 Å². The number of hydrogen-bond donors (Lipinski definition) is 2. The van der Waals surface area contributed by atoms with Crippen LogP contribution in [-0.4, -0.2) is 34.4 Å². The number of benzene rings is 3. The van der Waals surface area contributed by atoms with E-state index in [9.17, 15) is 22.5 Å². The van der Waals surface area contributed by atoms with E-state index in [1.807, 2.05) is 49.4 Å². The fourth-order valence-electron chi connectivity index (χ4n) is 5.23. The number of allylic oxidation sites excluding steroid dienone is 1. The van der Waals surface area contributed by atoms with Crippen LogP contribution >= 0.6 is 0 Å². The Hall–Kier alpha value is -3.34. The summed E-state index contributed by atoms with van der Waals surface area (Å²) in [6.45, 7) is 2.18. The second kappa shape index (κ2) is 11.6. The highest BCUT2D eigenvalue weighted by atomic mass is 32.2. The summed E-state index contributed by atoms with van der Waals surface area (Å²) >= 11 is 0. The molecular weight excluding hydrogens is 539 g/mol. The van der Waals surface area contributed by atoms with Crippen molar-refractivity contribution < 1.29 is 27.2 Å². The minimum atomic E-state index is -4.83. The third-order valence-corrected chi connectivity index (χ3v) is 9.17. The zero-order valence-corrected chi connectivity index (χ0v) is 22.9. The second-order valence-electron chi connectivity index (χ2n) is 9.87. The van der Waals surface area contributed by atoms with E-state index in [0.717, 1.165) is 36.3 Å². The molecule has 212 valence electrons. The molecule has 0 saturated heterocycles. The van der Waals surface area contributed by atoms with Crippen molar-refractivity contribution in [3.63, 3.8) is 0 Å². The zero-order valence-electron chi connectivity index (χ0n) is 22.1. The topological polar surface area (TPSA) is 74.2 Å². The summed E-state index contributed by atoms with van der Waals surface area (Å²) < 4.78 is 63.6. The van der Waals surface area contributed by atoms with Crippen LogP contribution in [0.15, 0.2) is 93.8 Å². The highest BCUT2D eigenvalue weighted by molar-refractivity contribution is 7.91. The molecule has 1 unspecified atom stereocenters. The van der Waals surface area contributed by atoms with Gasteiger partial charge in [-0.05, 0) is 79.6 Å². The third-order valence-electron chi connectivity index (χ3n) is 7.09. The number of aliphatic hydroxyl groups is 1. The van der Waals surface area contributed by atoms with E-state index in [-0.39, 0.29) is 11.4 Å². The molecule has 1 aliphatic carbocycles. The normalized spacial score (nSPS) is 20.4. The van der Waals surface area contributed by atoms with Crippen molar-refractivity contribution in [2.24, 2.45) is 4.36 Å². The quantitative estimate of drug-likeness (QED) is 0.332. The zero-order chi connectivity index (χ0) is 28.3. The predicted octanol–water partition coefficient (Wildman–Crippen LogP) is 6.67. The molecule has 0 spiro atoms. The number of anilines is 2. The van der Waals surface area contributed by atoms with Gasteiger partial charge in [0.2, 0.25) is 0 Å². The van der Waals surface area contributed by atoms with Crippen LogP contribution in [-0.2, 0) is 22.8 Å². The fraction of sp³-hybridized carbons (Fsp3) is 0.333. The van der Waals surface area contributed by atoms with Crippen molar-refractivity contribution in [3.05, 3.63) is 95.7 Å². The van der Waals surface area contributed by atoms with Crippen molar-refractivity contribution in [3.8, 4) is 5.75 Å². The molecule has 3 aromatic carbocycles. The molecule has 6 nitrogen and oxygen atoms in total. The minimum absolute atomic E-state index is 0.226. The lowest BCUT2D eigenvalue weighted by molar-refractivity contribution is -0.274. The van der Waals surface area contributed by atoms with Crippen LogP contribution in [0, 0.1) is 0 Å². The first-order chi connectivity index (χ1) is 19.2. The summed E-state index contributed by atoms with van der Waals surface area (Å²) in [6, 6.07) is 20.6. The van der Waals surface area contributed by atoms with Crippen LogP contribution < -0.4 is 14.4 Å². The maximum Gasteiger partial charge on any atom is 0.573 e. The van der Waals surface area contributed by atoms with Gasteiger partial charge in [-0.3, -0.25) is 0 Å². The lowest BCUT2D eigenvalue weighted by Gasteiger charge is -2.38. The Kier molecular flexibility index (Phi) is 8.21. The summed E-state index contributed by atoms with van der Waals surface area (Å²) in [7, 11) is -3.27. The molecule has 0 fully saturated rings. The summed E-state index contributed by atoms with van der Waals surface area (Å²) in [5.41, 5.74) is 5.02. The van der Waals surface area contributed by atoms with E-state index < -0.39 is 34.2 Å². The van der Waals surface area contributed by atoms with Crippen LogP contribution in [0.3, 0.4) is 0 Å². The van der Waals surface area contributed by atoms with Gasteiger partial charge in [-0.25, -0.2) is 13.3 Å². The first-order valence-electron chi connectivity index (χ1n) is 13.4. The minimum Gasteiger partial charge on any atom is -0.406 e. The smallest absolute Gasteiger partial charge is 0.406 e. The molecule has 0 aromatic heterocycles. The van der Waals surface area contributed by atoms with E-state index in [0.29, 0.717) is 25.0 Å². The van der Waals surface area contributed by atoms with Gasteiger partial charge in [0.15, 0.2) is 0 Å². The van der Waals surface area contributed by atoms with Gasteiger partial charge in [-0.2, -0.15) is 0 Å². The fourth-order valence-corrected chi connectivity index (χ4v) is 7.19. The molecule has 2 aliphatic rings. The molecule has 1 aliphatic heterocycles. The Labute approximate surface area is 232 Å². The van der Waals surface area contributed by atoms with Gasteiger partial charge < -0.3 is 14.7 Å². The summed E-state index contributed by atoms with van der Waals surface area (Å²) in [5, 5.41) is 11.7. The van der Waals surface area contributed by atoms with Crippen LogP contribution in [0.25, 0.3) is 0 Å². The van der Waals surface area contributed by atoms with E-state index in [4.69, 9.17) is 0 Å². The van der Waals surface area contributed by atoms with Crippen molar-refractivity contribution in [1.29, 1.82) is 0 Å². The Balaban J connectivity index is 1.48. The number of nitrogens with one attached hydrogen (secondary N) is 1. The molecule has 3 atom stereocenters. The van der Waals surface area contributed by atoms with E-state index in [1.165, 1.54) is 23.3 Å².